The maximum absolute atomic E-state index is 5.73. The summed E-state index contributed by atoms with van der Waals surface area (Å²) in [7, 11) is 1.62. The van der Waals surface area contributed by atoms with Crippen LogP contribution in [0.2, 0.25) is 0 Å². The molecule has 2 heterocycles. The number of ether oxygens (including phenoxy) is 3. The van der Waals surface area contributed by atoms with Gasteiger partial charge in [0, 0.05) is 11.1 Å². The van der Waals surface area contributed by atoms with E-state index in [1.54, 1.807) is 7.11 Å². The minimum Gasteiger partial charge on any atom is -0.497 e. The highest BCUT2D eigenvalue weighted by molar-refractivity contribution is 5.62. The zero-order valence-corrected chi connectivity index (χ0v) is 11.8. The summed E-state index contributed by atoms with van der Waals surface area (Å²) >= 11 is 0. The molecule has 22 heavy (non-hydrogen) atoms. The molecule has 0 aliphatic carbocycles. The first kappa shape index (κ1) is 12.7. The van der Waals surface area contributed by atoms with E-state index in [9.17, 15) is 0 Å². The molecule has 1 aromatic heterocycles. The van der Waals surface area contributed by atoms with E-state index in [0.29, 0.717) is 17.5 Å². The third kappa shape index (κ3) is 2.14. The van der Waals surface area contributed by atoms with E-state index >= 15 is 0 Å². The molecule has 3 aromatic rings. The molecule has 0 unspecified atom stereocenters. The van der Waals surface area contributed by atoms with Crippen LogP contribution in [0.3, 0.4) is 0 Å². The van der Waals surface area contributed by atoms with Crippen molar-refractivity contribution < 1.29 is 18.6 Å². The largest absolute Gasteiger partial charge is 0.497 e. The van der Waals surface area contributed by atoms with E-state index in [4.69, 9.17) is 18.6 Å². The van der Waals surface area contributed by atoms with Gasteiger partial charge in [-0.2, -0.15) is 0 Å². The Bertz CT molecular complexity index is 811. The van der Waals surface area contributed by atoms with Gasteiger partial charge in [0.1, 0.15) is 5.75 Å². The van der Waals surface area contributed by atoms with Crippen molar-refractivity contribution in [2.24, 2.45) is 0 Å². The minimum atomic E-state index is 0.236. The monoisotopic (exact) mass is 296 g/mol. The lowest BCUT2D eigenvalue weighted by Gasteiger charge is -2.00. The molecule has 110 valence electrons. The van der Waals surface area contributed by atoms with Gasteiger partial charge in [-0.15, -0.1) is 10.2 Å². The molecule has 0 spiro atoms. The smallest absolute Gasteiger partial charge is 0.248 e. The van der Waals surface area contributed by atoms with Crippen molar-refractivity contribution in [3.8, 4) is 40.2 Å². The average Bonchev–Trinajstić information content (AvgIpc) is 3.23. The second-order valence-electron chi connectivity index (χ2n) is 4.71. The van der Waals surface area contributed by atoms with Crippen molar-refractivity contribution in [2.45, 2.75) is 0 Å². The van der Waals surface area contributed by atoms with Crippen LogP contribution in [0.5, 0.6) is 17.2 Å². The number of aromatic nitrogens is 2. The Morgan fingerprint density at radius 1 is 0.864 bits per heavy atom. The molecule has 0 saturated carbocycles. The van der Waals surface area contributed by atoms with Crippen molar-refractivity contribution in [1.29, 1.82) is 0 Å². The Hall–Kier alpha value is -3.02. The van der Waals surface area contributed by atoms with E-state index in [2.05, 4.69) is 10.2 Å². The SMILES string of the molecule is COc1ccc(-c2nnc(-c3ccc4c(c3)OCO4)o2)cc1. The highest BCUT2D eigenvalue weighted by Gasteiger charge is 2.17. The Morgan fingerprint density at radius 3 is 2.32 bits per heavy atom. The Labute approximate surface area is 126 Å². The molecule has 0 amide bonds. The summed E-state index contributed by atoms with van der Waals surface area (Å²) in [4.78, 5) is 0. The van der Waals surface area contributed by atoms with Crippen molar-refractivity contribution in [3.63, 3.8) is 0 Å². The van der Waals surface area contributed by atoms with E-state index in [0.717, 1.165) is 22.6 Å². The first-order valence-electron chi connectivity index (χ1n) is 6.71. The molecule has 0 saturated heterocycles. The third-order valence-electron chi connectivity index (χ3n) is 3.38. The fraction of sp³-hybridized carbons (Fsp3) is 0.125. The summed E-state index contributed by atoms with van der Waals surface area (Å²) in [6.07, 6.45) is 0. The molecule has 6 nitrogen and oxygen atoms in total. The Balaban J connectivity index is 1.65. The zero-order chi connectivity index (χ0) is 14.9. The van der Waals surface area contributed by atoms with Crippen LogP contribution in [0.25, 0.3) is 22.9 Å². The molecule has 0 bridgehead atoms. The fourth-order valence-corrected chi connectivity index (χ4v) is 2.22. The Kier molecular flexibility index (Phi) is 2.93. The van der Waals surface area contributed by atoms with Gasteiger partial charge in [0.25, 0.3) is 0 Å². The van der Waals surface area contributed by atoms with Crippen LogP contribution < -0.4 is 14.2 Å². The zero-order valence-electron chi connectivity index (χ0n) is 11.8. The minimum absolute atomic E-state index is 0.236. The fourth-order valence-electron chi connectivity index (χ4n) is 2.22. The molecule has 0 N–H and O–H groups in total. The Morgan fingerprint density at radius 2 is 1.55 bits per heavy atom. The highest BCUT2D eigenvalue weighted by atomic mass is 16.7. The maximum Gasteiger partial charge on any atom is 0.248 e. The van der Waals surface area contributed by atoms with Gasteiger partial charge >= 0.3 is 0 Å². The molecule has 6 heteroatoms. The molecule has 0 atom stereocenters. The van der Waals surface area contributed by atoms with E-state index in [1.165, 1.54) is 0 Å². The van der Waals surface area contributed by atoms with Crippen molar-refractivity contribution in [1.82, 2.24) is 10.2 Å². The summed E-state index contributed by atoms with van der Waals surface area (Å²) < 4.78 is 21.5. The molecule has 0 radical (unpaired) electrons. The van der Waals surface area contributed by atoms with E-state index < -0.39 is 0 Å². The van der Waals surface area contributed by atoms with Gasteiger partial charge < -0.3 is 18.6 Å². The summed E-state index contributed by atoms with van der Waals surface area (Å²) in [6, 6.07) is 13.0. The summed E-state index contributed by atoms with van der Waals surface area (Å²) in [6.45, 7) is 0.236. The number of hydrogen-bond acceptors (Lipinski definition) is 6. The maximum atomic E-state index is 5.73. The van der Waals surface area contributed by atoms with Crippen LogP contribution >= 0.6 is 0 Å². The predicted octanol–water partition coefficient (Wildman–Crippen LogP) is 3.14. The standard InChI is InChI=1S/C16H12N2O4/c1-19-12-5-2-10(3-6-12)15-17-18-16(22-15)11-4-7-13-14(8-11)21-9-20-13/h2-8H,9H2,1H3. The van der Waals surface area contributed by atoms with E-state index in [1.807, 2.05) is 42.5 Å². The molecule has 2 aromatic carbocycles. The molecule has 1 aliphatic heterocycles. The quantitative estimate of drug-likeness (QED) is 0.739. The number of fused-ring (bicyclic) bond motifs is 1. The van der Waals surface area contributed by atoms with Crippen LogP contribution in [-0.4, -0.2) is 24.1 Å². The molecule has 0 fully saturated rings. The van der Waals surface area contributed by atoms with Gasteiger partial charge in [0.2, 0.25) is 18.6 Å². The molecule has 1 aliphatic rings. The molecular formula is C16H12N2O4. The first-order chi connectivity index (χ1) is 10.8. The van der Waals surface area contributed by atoms with Crippen molar-refractivity contribution >= 4 is 0 Å². The lowest BCUT2D eigenvalue weighted by atomic mass is 10.2. The number of benzene rings is 2. The van der Waals surface area contributed by atoms with Crippen LogP contribution in [0.4, 0.5) is 0 Å². The molecular weight excluding hydrogens is 284 g/mol. The van der Waals surface area contributed by atoms with Crippen LogP contribution in [0.1, 0.15) is 0 Å². The second kappa shape index (κ2) is 5.07. The lowest BCUT2D eigenvalue weighted by Crippen LogP contribution is -1.92. The van der Waals surface area contributed by atoms with Crippen LogP contribution in [0, 0.1) is 0 Å². The van der Waals surface area contributed by atoms with Gasteiger partial charge in [-0.25, -0.2) is 0 Å². The number of nitrogens with zero attached hydrogens (tertiary/aromatic N) is 2. The summed E-state index contributed by atoms with van der Waals surface area (Å²) in [5, 5.41) is 8.17. The number of hydrogen-bond donors (Lipinski definition) is 0. The van der Waals surface area contributed by atoms with Gasteiger partial charge in [-0.3, -0.25) is 0 Å². The van der Waals surface area contributed by atoms with Crippen LogP contribution in [0.15, 0.2) is 46.9 Å². The van der Waals surface area contributed by atoms with Crippen molar-refractivity contribution in [3.05, 3.63) is 42.5 Å². The predicted molar refractivity (Wildman–Crippen MR) is 77.8 cm³/mol. The molecule has 4 rings (SSSR count). The second-order valence-corrected chi connectivity index (χ2v) is 4.71. The third-order valence-corrected chi connectivity index (χ3v) is 3.38. The lowest BCUT2D eigenvalue weighted by molar-refractivity contribution is 0.174. The average molecular weight is 296 g/mol. The topological polar surface area (TPSA) is 66.6 Å². The van der Waals surface area contributed by atoms with Gasteiger partial charge in [-0.1, -0.05) is 0 Å². The van der Waals surface area contributed by atoms with Gasteiger partial charge in [0.15, 0.2) is 11.5 Å². The van der Waals surface area contributed by atoms with Crippen LogP contribution in [-0.2, 0) is 0 Å². The highest BCUT2D eigenvalue weighted by Crippen LogP contribution is 2.36. The first-order valence-corrected chi connectivity index (χ1v) is 6.71. The normalized spacial score (nSPS) is 12.4. The number of rotatable bonds is 3. The van der Waals surface area contributed by atoms with Crippen molar-refractivity contribution in [2.75, 3.05) is 13.9 Å². The summed E-state index contributed by atoms with van der Waals surface area (Å²) in [5.74, 6) is 3.07. The number of methoxy groups -OCH3 is 1. The van der Waals surface area contributed by atoms with E-state index in [-0.39, 0.29) is 6.79 Å². The summed E-state index contributed by atoms with van der Waals surface area (Å²) in [5.41, 5.74) is 1.62. The van der Waals surface area contributed by atoms with Gasteiger partial charge in [0.05, 0.1) is 7.11 Å². The van der Waals surface area contributed by atoms with Gasteiger partial charge in [-0.05, 0) is 42.5 Å².